The van der Waals surface area contributed by atoms with Gasteiger partial charge in [-0.1, -0.05) is 35.9 Å². The SMILES string of the molecule is COc1ccc(CNC(=O)C2CC2C(=O)NCc2cccc(C)c2)cc1OC. The van der Waals surface area contributed by atoms with E-state index in [9.17, 15) is 9.59 Å². The van der Waals surface area contributed by atoms with E-state index in [0.717, 1.165) is 16.7 Å². The number of nitrogens with one attached hydrogen (secondary N) is 2. The molecule has 28 heavy (non-hydrogen) atoms. The van der Waals surface area contributed by atoms with Gasteiger partial charge in [-0.05, 0) is 36.6 Å². The van der Waals surface area contributed by atoms with Gasteiger partial charge in [-0.25, -0.2) is 0 Å². The Labute approximate surface area is 165 Å². The summed E-state index contributed by atoms with van der Waals surface area (Å²) >= 11 is 0. The highest BCUT2D eigenvalue weighted by Gasteiger charge is 2.47. The molecule has 2 aromatic rings. The first-order valence-electron chi connectivity index (χ1n) is 9.33. The molecule has 0 aromatic heterocycles. The van der Waals surface area contributed by atoms with E-state index >= 15 is 0 Å². The van der Waals surface area contributed by atoms with Crippen LogP contribution in [0.25, 0.3) is 0 Å². The molecule has 0 heterocycles. The van der Waals surface area contributed by atoms with Crippen LogP contribution in [-0.2, 0) is 22.7 Å². The number of ether oxygens (including phenoxy) is 2. The van der Waals surface area contributed by atoms with Crippen LogP contribution in [0, 0.1) is 18.8 Å². The third-order valence-electron chi connectivity index (χ3n) is 4.93. The van der Waals surface area contributed by atoms with E-state index in [0.29, 0.717) is 31.0 Å². The number of hydrogen-bond donors (Lipinski definition) is 2. The highest BCUT2D eigenvalue weighted by atomic mass is 16.5. The van der Waals surface area contributed by atoms with Crippen LogP contribution in [0.4, 0.5) is 0 Å². The van der Waals surface area contributed by atoms with Crippen molar-refractivity contribution in [3.8, 4) is 11.5 Å². The molecule has 3 rings (SSSR count). The van der Waals surface area contributed by atoms with Crippen LogP contribution in [0.1, 0.15) is 23.1 Å². The first-order chi connectivity index (χ1) is 13.5. The second-order valence-corrected chi connectivity index (χ2v) is 7.06. The second kappa shape index (κ2) is 8.78. The monoisotopic (exact) mass is 382 g/mol. The van der Waals surface area contributed by atoms with Gasteiger partial charge >= 0.3 is 0 Å². The smallest absolute Gasteiger partial charge is 0.224 e. The Morgan fingerprint density at radius 2 is 1.50 bits per heavy atom. The third kappa shape index (κ3) is 4.82. The van der Waals surface area contributed by atoms with Crippen LogP contribution < -0.4 is 20.1 Å². The molecule has 2 atom stereocenters. The summed E-state index contributed by atoms with van der Waals surface area (Å²) in [5, 5.41) is 5.83. The van der Waals surface area contributed by atoms with Gasteiger partial charge in [-0.3, -0.25) is 9.59 Å². The van der Waals surface area contributed by atoms with Gasteiger partial charge < -0.3 is 20.1 Å². The van der Waals surface area contributed by atoms with Crippen LogP contribution in [-0.4, -0.2) is 26.0 Å². The Kier molecular flexibility index (Phi) is 6.19. The Morgan fingerprint density at radius 1 is 0.893 bits per heavy atom. The van der Waals surface area contributed by atoms with Gasteiger partial charge in [-0.2, -0.15) is 0 Å². The molecule has 2 amide bonds. The molecule has 0 saturated heterocycles. The van der Waals surface area contributed by atoms with Crippen molar-refractivity contribution in [2.75, 3.05) is 14.2 Å². The molecule has 1 aliphatic rings. The lowest BCUT2D eigenvalue weighted by atomic mass is 10.1. The summed E-state index contributed by atoms with van der Waals surface area (Å²) < 4.78 is 10.5. The average molecular weight is 382 g/mol. The van der Waals surface area contributed by atoms with Crippen molar-refractivity contribution in [1.82, 2.24) is 10.6 Å². The van der Waals surface area contributed by atoms with E-state index in [1.54, 1.807) is 20.3 Å². The summed E-state index contributed by atoms with van der Waals surface area (Å²) in [6, 6.07) is 13.5. The molecule has 2 aromatic carbocycles. The predicted octanol–water partition coefficient (Wildman–Crippen LogP) is 2.58. The first-order valence-corrected chi connectivity index (χ1v) is 9.33. The quantitative estimate of drug-likeness (QED) is 0.736. The van der Waals surface area contributed by atoms with Gasteiger partial charge in [0.1, 0.15) is 0 Å². The Balaban J connectivity index is 1.45. The highest BCUT2D eigenvalue weighted by molar-refractivity contribution is 5.92. The van der Waals surface area contributed by atoms with Crippen molar-refractivity contribution in [3.63, 3.8) is 0 Å². The lowest BCUT2D eigenvalue weighted by Crippen LogP contribution is -2.29. The first kappa shape index (κ1) is 19.7. The Morgan fingerprint density at radius 3 is 2.07 bits per heavy atom. The largest absolute Gasteiger partial charge is 0.493 e. The molecule has 0 spiro atoms. The normalized spacial score (nSPS) is 17.5. The fourth-order valence-corrected chi connectivity index (χ4v) is 3.23. The van der Waals surface area contributed by atoms with E-state index in [-0.39, 0.29) is 23.7 Å². The molecule has 0 bridgehead atoms. The van der Waals surface area contributed by atoms with Gasteiger partial charge in [0, 0.05) is 13.1 Å². The van der Waals surface area contributed by atoms with E-state index in [1.165, 1.54) is 0 Å². The molecule has 1 aliphatic carbocycles. The highest BCUT2D eigenvalue weighted by Crippen LogP contribution is 2.39. The number of hydrogen-bond acceptors (Lipinski definition) is 4. The average Bonchev–Trinajstić information content (AvgIpc) is 3.51. The molecular weight excluding hydrogens is 356 g/mol. The summed E-state index contributed by atoms with van der Waals surface area (Å²) in [6.45, 7) is 2.88. The van der Waals surface area contributed by atoms with Crippen LogP contribution in [0.15, 0.2) is 42.5 Å². The van der Waals surface area contributed by atoms with E-state index in [4.69, 9.17) is 9.47 Å². The summed E-state index contributed by atoms with van der Waals surface area (Å²) in [6.07, 6.45) is 0.595. The van der Waals surface area contributed by atoms with Crippen LogP contribution in [0.5, 0.6) is 11.5 Å². The predicted molar refractivity (Wildman–Crippen MR) is 106 cm³/mol. The van der Waals surface area contributed by atoms with Crippen molar-refractivity contribution in [2.24, 2.45) is 11.8 Å². The summed E-state index contributed by atoms with van der Waals surface area (Å²) in [7, 11) is 3.15. The minimum absolute atomic E-state index is 0.0622. The molecule has 0 radical (unpaired) electrons. The fraction of sp³-hybridized carbons (Fsp3) is 0.364. The lowest BCUT2D eigenvalue weighted by Gasteiger charge is -2.10. The van der Waals surface area contributed by atoms with E-state index in [2.05, 4.69) is 10.6 Å². The van der Waals surface area contributed by atoms with Crippen LogP contribution >= 0.6 is 0 Å². The Bertz CT molecular complexity index is 865. The standard InChI is InChI=1S/C22H26N2O4/c1-14-5-4-6-15(9-14)12-23-21(25)17-11-18(17)22(26)24-13-16-7-8-19(27-2)20(10-16)28-3/h4-10,17-18H,11-13H2,1-3H3,(H,23,25)(H,24,26). The number of amides is 2. The summed E-state index contributed by atoms with van der Waals surface area (Å²) in [5.74, 6) is 0.616. The molecule has 148 valence electrons. The number of rotatable bonds is 8. The van der Waals surface area contributed by atoms with Gasteiger partial charge in [0.2, 0.25) is 11.8 Å². The second-order valence-electron chi connectivity index (χ2n) is 7.06. The zero-order valence-corrected chi connectivity index (χ0v) is 16.5. The zero-order chi connectivity index (χ0) is 20.1. The number of aryl methyl sites for hydroxylation is 1. The topological polar surface area (TPSA) is 76.7 Å². The third-order valence-corrected chi connectivity index (χ3v) is 4.93. The van der Waals surface area contributed by atoms with Gasteiger partial charge in [0.15, 0.2) is 11.5 Å². The van der Waals surface area contributed by atoms with Crippen molar-refractivity contribution in [1.29, 1.82) is 0 Å². The molecule has 2 unspecified atom stereocenters. The van der Waals surface area contributed by atoms with Gasteiger partial charge in [0.25, 0.3) is 0 Å². The lowest BCUT2D eigenvalue weighted by molar-refractivity contribution is -0.127. The van der Waals surface area contributed by atoms with Gasteiger partial charge in [0.05, 0.1) is 26.1 Å². The van der Waals surface area contributed by atoms with Crippen LogP contribution in [0.2, 0.25) is 0 Å². The number of benzene rings is 2. The summed E-state index contributed by atoms with van der Waals surface area (Å²) in [5.41, 5.74) is 3.13. The van der Waals surface area contributed by atoms with Crippen LogP contribution in [0.3, 0.4) is 0 Å². The molecule has 1 fully saturated rings. The maximum atomic E-state index is 12.3. The molecule has 2 N–H and O–H groups in total. The van der Waals surface area contributed by atoms with E-state index in [1.807, 2.05) is 43.3 Å². The summed E-state index contributed by atoms with van der Waals surface area (Å²) in [4.78, 5) is 24.6. The maximum absolute atomic E-state index is 12.3. The molecule has 1 saturated carbocycles. The van der Waals surface area contributed by atoms with Crippen molar-refractivity contribution < 1.29 is 19.1 Å². The molecule has 6 heteroatoms. The maximum Gasteiger partial charge on any atom is 0.224 e. The fourth-order valence-electron chi connectivity index (χ4n) is 3.23. The molecular formula is C22H26N2O4. The minimum atomic E-state index is -0.252. The van der Waals surface area contributed by atoms with Gasteiger partial charge in [-0.15, -0.1) is 0 Å². The molecule has 6 nitrogen and oxygen atoms in total. The number of carbonyl (C=O) groups excluding carboxylic acids is 2. The van der Waals surface area contributed by atoms with Crippen molar-refractivity contribution >= 4 is 11.8 Å². The van der Waals surface area contributed by atoms with Crippen molar-refractivity contribution in [3.05, 3.63) is 59.2 Å². The zero-order valence-electron chi connectivity index (χ0n) is 16.5. The number of carbonyl (C=O) groups is 2. The minimum Gasteiger partial charge on any atom is -0.493 e. The Hall–Kier alpha value is -3.02. The van der Waals surface area contributed by atoms with E-state index < -0.39 is 0 Å². The molecule has 0 aliphatic heterocycles. The number of methoxy groups -OCH3 is 2. The van der Waals surface area contributed by atoms with Crippen molar-refractivity contribution in [2.45, 2.75) is 26.4 Å².